The molecule has 0 aromatic carbocycles. The second-order valence-corrected chi connectivity index (χ2v) is 8.37. The molecule has 1 amide bonds. The number of nitrogens with two attached hydrogens (primary N) is 1. The molecule has 0 aromatic heterocycles. The van der Waals surface area contributed by atoms with Crippen molar-refractivity contribution in [3.8, 4) is 0 Å². The van der Waals surface area contributed by atoms with E-state index in [1.165, 1.54) is 36.5 Å². The maximum atomic E-state index is 12.1. The molecule has 0 spiro atoms. The quantitative estimate of drug-likeness (QED) is 0.818. The summed E-state index contributed by atoms with van der Waals surface area (Å²) in [6.07, 6.45) is 6.67. The SMILES string of the molecule is NCC1(CC(=O)NCC2CSCCS2)CCCCC1. The third-order valence-corrected chi connectivity index (χ3v) is 7.14. The highest BCUT2D eigenvalue weighted by Gasteiger charge is 2.33. The molecule has 1 saturated heterocycles. The zero-order valence-corrected chi connectivity index (χ0v) is 13.3. The molecule has 1 heterocycles. The van der Waals surface area contributed by atoms with Crippen molar-refractivity contribution in [2.75, 3.05) is 30.3 Å². The van der Waals surface area contributed by atoms with E-state index in [2.05, 4.69) is 5.32 Å². The van der Waals surface area contributed by atoms with Crippen molar-refractivity contribution in [3.05, 3.63) is 0 Å². The van der Waals surface area contributed by atoms with E-state index in [1.54, 1.807) is 0 Å². The summed E-state index contributed by atoms with van der Waals surface area (Å²) < 4.78 is 0. The van der Waals surface area contributed by atoms with E-state index >= 15 is 0 Å². The highest BCUT2D eigenvalue weighted by atomic mass is 32.2. The predicted octanol–water partition coefficient (Wildman–Crippen LogP) is 2.25. The van der Waals surface area contributed by atoms with Gasteiger partial charge in [-0.2, -0.15) is 23.5 Å². The summed E-state index contributed by atoms with van der Waals surface area (Å²) in [5.41, 5.74) is 6.03. The minimum absolute atomic E-state index is 0.0940. The van der Waals surface area contributed by atoms with Crippen LogP contribution in [-0.4, -0.2) is 41.5 Å². The zero-order chi connectivity index (χ0) is 13.6. The number of hydrogen-bond donors (Lipinski definition) is 2. The lowest BCUT2D eigenvalue weighted by Crippen LogP contribution is -2.40. The van der Waals surface area contributed by atoms with Crippen molar-refractivity contribution in [2.45, 2.75) is 43.8 Å². The number of carbonyl (C=O) groups excluding carboxylic acids is 1. The van der Waals surface area contributed by atoms with Crippen LogP contribution in [0.2, 0.25) is 0 Å². The molecule has 19 heavy (non-hydrogen) atoms. The second kappa shape index (κ2) is 7.79. The van der Waals surface area contributed by atoms with Gasteiger partial charge in [0.1, 0.15) is 0 Å². The van der Waals surface area contributed by atoms with E-state index in [1.807, 2.05) is 23.5 Å². The fourth-order valence-electron chi connectivity index (χ4n) is 3.04. The lowest BCUT2D eigenvalue weighted by molar-refractivity contribution is -0.123. The summed E-state index contributed by atoms with van der Waals surface area (Å²) in [5, 5.41) is 3.73. The lowest BCUT2D eigenvalue weighted by Gasteiger charge is -2.35. The fourth-order valence-corrected chi connectivity index (χ4v) is 5.65. The van der Waals surface area contributed by atoms with Gasteiger partial charge >= 0.3 is 0 Å². The summed E-state index contributed by atoms with van der Waals surface area (Å²) in [6, 6.07) is 0. The fraction of sp³-hybridized carbons (Fsp3) is 0.929. The molecule has 0 aromatic rings. The molecular formula is C14H26N2OS2. The van der Waals surface area contributed by atoms with Gasteiger partial charge in [-0.1, -0.05) is 19.3 Å². The molecule has 0 bridgehead atoms. The molecule has 0 radical (unpaired) electrons. The van der Waals surface area contributed by atoms with Crippen molar-refractivity contribution in [3.63, 3.8) is 0 Å². The van der Waals surface area contributed by atoms with Crippen LogP contribution in [0.15, 0.2) is 0 Å². The monoisotopic (exact) mass is 302 g/mol. The Balaban J connectivity index is 1.72. The average Bonchev–Trinajstić information content (AvgIpc) is 2.47. The summed E-state index contributed by atoms with van der Waals surface area (Å²) in [4.78, 5) is 12.1. The number of rotatable bonds is 5. The van der Waals surface area contributed by atoms with Gasteiger partial charge < -0.3 is 11.1 Å². The molecular weight excluding hydrogens is 276 g/mol. The molecule has 2 aliphatic rings. The molecule has 1 aliphatic heterocycles. The second-order valence-electron chi connectivity index (χ2n) is 5.81. The molecule has 3 N–H and O–H groups in total. The van der Waals surface area contributed by atoms with Crippen LogP contribution in [0.5, 0.6) is 0 Å². The maximum Gasteiger partial charge on any atom is 0.220 e. The largest absolute Gasteiger partial charge is 0.355 e. The van der Waals surface area contributed by atoms with E-state index in [0.29, 0.717) is 18.2 Å². The van der Waals surface area contributed by atoms with E-state index < -0.39 is 0 Å². The molecule has 1 unspecified atom stereocenters. The van der Waals surface area contributed by atoms with Gasteiger partial charge in [0.2, 0.25) is 5.91 Å². The van der Waals surface area contributed by atoms with Crippen molar-refractivity contribution in [2.24, 2.45) is 11.1 Å². The summed E-state index contributed by atoms with van der Waals surface area (Å²) in [6.45, 7) is 1.49. The number of thioether (sulfide) groups is 2. The smallest absolute Gasteiger partial charge is 0.220 e. The van der Waals surface area contributed by atoms with Gasteiger partial charge in [-0.3, -0.25) is 4.79 Å². The molecule has 1 saturated carbocycles. The Morgan fingerprint density at radius 2 is 2.05 bits per heavy atom. The third-order valence-electron chi connectivity index (χ3n) is 4.29. The topological polar surface area (TPSA) is 55.1 Å². The predicted molar refractivity (Wildman–Crippen MR) is 85.8 cm³/mol. The average molecular weight is 303 g/mol. The normalized spacial score (nSPS) is 26.9. The van der Waals surface area contributed by atoms with Crippen LogP contribution in [0.3, 0.4) is 0 Å². The first-order chi connectivity index (χ1) is 9.24. The summed E-state index contributed by atoms with van der Waals surface area (Å²) in [7, 11) is 0. The van der Waals surface area contributed by atoms with Crippen molar-refractivity contribution in [1.82, 2.24) is 5.32 Å². The van der Waals surface area contributed by atoms with Gasteiger partial charge in [0.15, 0.2) is 0 Å². The Morgan fingerprint density at radius 3 is 2.68 bits per heavy atom. The number of hydrogen-bond acceptors (Lipinski definition) is 4. The maximum absolute atomic E-state index is 12.1. The van der Waals surface area contributed by atoms with E-state index in [9.17, 15) is 4.79 Å². The molecule has 2 fully saturated rings. The van der Waals surface area contributed by atoms with E-state index in [4.69, 9.17) is 5.73 Å². The Kier molecular flexibility index (Phi) is 6.36. The van der Waals surface area contributed by atoms with Crippen molar-refractivity contribution < 1.29 is 4.79 Å². The van der Waals surface area contributed by atoms with Crippen LogP contribution in [0.4, 0.5) is 0 Å². The highest BCUT2D eigenvalue weighted by molar-refractivity contribution is 8.06. The molecule has 3 nitrogen and oxygen atoms in total. The standard InChI is InChI=1S/C14H26N2OS2/c15-11-14(4-2-1-3-5-14)8-13(17)16-9-12-10-18-6-7-19-12/h12H,1-11,15H2,(H,16,17). The van der Waals surface area contributed by atoms with Gasteiger partial charge in [0.05, 0.1) is 0 Å². The summed E-state index contributed by atoms with van der Waals surface area (Å²) >= 11 is 4.00. The highest BCUT2D eigenvalue weighted by Crippen LogP contribution is 2.38. The Bertz CT molecular complexity index is 287. The van der Waals surface area contributed by atoms with Crippen LogP contribution in [-0.2, 0) is 4.79 Å². The van der Waals surface area contributed by atoms with Crippen LogP contribution in [0.1, 0.15) is 38.5 Å². The first-order valence-corrected chi connectivity index (χ1v) is 9.61. The first kappa shape index (κ1) is 15.5. The Hall–Kier alpha value is 0.130. The molecule has 2 rings (SSSR count). The molecule has 5 heteroatoms. The summed E-state index contributed by atoms with van der Waals surface area (Å²) in [5.74, 6) is 3.86. The van der Waals surface area contributed by atoms with E-state index in [0.717, 1.165) is 19.4 Å². The van der Waals surface area contributed by atoms with Gasteiger partial charge in [0, 0.05) is 35.5 Å². The minimum atomic E-state index is 0.0940. The minimum Gasteiger partial charge on any atom is -0.355 e. The van der Waals surface area contributed by atoms with Crippen LogP contribution in [0, 0.1) is 5.41 Å². The Morgan fingerprint density at radius 1 is 1.26 bits per heavy atom. The van der Waals surface area contributed by atoms with Crippen molar-refractivity contribution in [1.29, 1.82) is 0 Å². The van der Waals surface area contributed by atoms with Crippen molar-refractivity contribution >= 4 is 29.4 Å². The number of amides is 1. The van der Waals surface area contributed by atoms with E-state index in [-0.39, 0.29) is 11.3 Å². The number of carbonyl (C=O) groups is 1. The Labute approximate surface area is 125 Å². The van der Waals surface area contributed by atoms with Gasteiger partial charge in [-0.25, -0.2) is 0 Å². The van der Waals surface area contributed by atoms with Crippen LogP contribution < -0.4 is 11.1 Å². The first-order valence-electron chi connectivity index (χ1n) is 7.40. The van der Waals surface area contributed by atoms with Gasteiger partial charge in [0.25, 0.3) is 0 Å². The third kappa shape index (κ3) is 4.87. The van der Waals surface area contributed by atoms with Crippen LogP contribution in [0.25, 0.3) is 0 Å². The molecule has 110 valence electrons. The molecule has 1 atom stereocenters. The van der Waals surface area contributed by atoms with Gasteiger partial charge in [-0.05, 0) is 24.8 Å². The lowest BCUT2D eigenvalue weighted by atomic mass is 9.71. The zero-order valence-electron chi connectivity index (χ0n) is 11.7. The molecule has 1 aliphatic carbocycles. The number of nitrogens with one attached hydrogen (secondary N) is 1. The van der Waals surface area contributed by atoms with Crippen LogP contribution >= 0.6 is 23.5 Å². The van der Waals surface area contributed by atoms with Gasteiger partial charge in [-0.15, -0.1) is 0 Å².